The Bertz CT molecular complexity index is 1100. The number of amides is 1. The van der Waals surface area contributed by atoms with Gasteiger partial charge in [-0.1, -0.05) is 30.9 Å². The van der Waals surface area contributed by atoms with E-state index in [-0.39, 0.29) is 11.6 Å². The molecule has 1 aliphatic heterocycles. The van der Waals surface area contributed by atoms with Crippen molar-refractivity contribution in [2.24, 2.45) is 0 Å². The largest absolute Gasteiger partial charge is 0.496 e. The van der Waals surface area contributed by atoms with Crippen molar-refractivity contribution >= 4 is 30.6 Å². The van der Waals surface area contributed by atoms with Gasteiger partial charge in [-0.2, -0.15) is 0 Å². The highest BCUT2D eigenvalue weighted by molar-refractivity contribution is 6.88. The average molecular weight is 488 g/mol. The molecule has 0 aliphatic carbocycles. The van der Waals surface area contributed by atoms with E-state index in [9.17, 15) is 9.59 Å². The predicted molar refractivity (Wildman–Crippen MR) is 129 cm³/mol. The fourth-order valence-electron chi connectivity index (χ4n) is 3.29. The zero-order valence-corrected chi connectivity index (χ0v) is 21.3. The van der Waals surface area contributed by atoms with E-state index in [0.29, 0.717) is 28.7 Å². The standard InChI is InChI=1S/C24H29NO8Si/c1-28-14-10-19(30-3)22(20(11-14)31-4)25-24(27)23-16(26)13-21(33-23)32-18-12-15(34(5,6)7)8-9-17(18)29-2/h8-13,23H,1-7H3,(H,25,27). The Kier molecular flexibility index (Phi) is 7.40. The summed E-state index contributed by atoms with van der Waals surface area (Å²) in [7, 11) is 4.28. The van der Waals surface area contributed by atoms with Crippen molar-refractivity contribution in [3.05, 3.63) is 42.4 Å². The maximum atomic E-state index is 12.9. The van der Waals surface area contributed by atoms with Gasteiger partial charge < -0.3 is 33.7 Å². The lowest BCUT2D eigenvalue weighted by Gasteiger charge is -2.20. The van der Waals surface area contributed by atoms with E-state index in [1.165, 1.54) is 28.4 Å². The first-order chi connectivity index (χ1) is 16.1. The number of ketones is 1. The summed E-state index contributed by atoms with van der Waals surface area (Å²) in [6.07, 6.45) is -0.287. The number of hydrogen-bond acceptors (Lipinski definition) is 8. The van der Waals surface area contributed by atoms with Gasteiger partial charge in [0.1, 0.15) is 22.9 Å². The molecule has 2 aromatic carbocycles. The van der Waals surface area contributed by atoms with Crippen LogP contribution in [0.1, 0.15) is 0 Å². The number of hydrogen-bond donors (Lipinski definition) is 1. The molecule has 0 aromatic heterocycles. The highest BCUT2D eigenvalue weighted by Crippen LogP contribution is 2.39. The first-order valence-corrected chi connectivity index (χ1v) is 14.0. The fourth-order valence-corrected chi connectivity index (χ4v) is 4.43. The van der Waals surface area contributed by atoms with Crippen LogP contribution >= 0.6 is 0 Å². The second-order valence-electron chi connectivity index (χ2n) is 8.48. The minimum Gasteiger partial charge on any atom is -0.496 e. The molecule has 0 fully saturated rings. The minimum atomic E-state index is -1.63. The molecule has 182 valence electrons. The lowest BCUT2D eigenvalue weighted by molar-refractivity contribution is -0.134. The number of benzene rings is 2. The van der Waals surface area contributed by atoms with Crippen molar-refractivity contribution in [3.63, 3.8) is 0 Å². The number of rotatable bonds is 9. The van der Waals surface area contributed by atoms with Gasteiger partial charge in [0.2, 0.25) is 11.9 Å². The second-order valence-corrected chi connectivity index (χ2v) is 13.6. The van der Waals surface area contributed by atoms with Crippen LogP contribution in [-0.4, -0.2) is 54.3 Å². The van der Waals surface area contributed by atoms with Crippen LogP contribution in [0.5, 0.6) is 28.7 Å². The van der Waals surface area contributed by atoms with Gasteiger partial charge in [-0.15, -0.1) is 0 Å². The molecule has 3 rings (SSSR count). The molecular formula is C24H29NO8Si. The van der Waals surface area contributed by atoms with E-state index >= 15 is 0 Å². The molecule has 0 radical (unpaired) electrons. The molecule has 0 bridgehead atoms. The topological polar surface area (TPSA) is 102 Å². The van der Waals surface area contributed by atoms with Crippen LogP contribution in [0.2, 0.25) is 19.6 Å². The molecule has 1 aliphatic rings. The highest BCUT2D eigenvalue weighted by atomic mass is 28.3. The first kappa shape index (κ1) is 25.0. The van der Waals surface area contributed by atoms with E-state index in [4.69, 9.17) is 28.4 Å². The Hall–Kier alpha value is -3.66. The summed E-state index contributed by atoms with van der Waals surface area (Å²) in [6.45, 7) is 6.61. The molecule has 1 unspecified atom stereocenters. The summed E-state index contributed by atoms with van der Waals surface area (Å²) >= 11 is 0. The zero-order valence-electron chi connectivity index (χ0n) is 20.3. The van der Waals surface area contributed by atoms with Crippen LogP contribution in [0.3, 0.4) is 0 Å². The van der Waals surface area contributed by atoms with Crippen molar-refractivity contribution in [2.75, 3.05) is 33.8 Å². The lowest BCUT2D eigenvalue weighted by atomic mass is 10.2. The van der Waals surface area contributed by atoms with Crippen molar-refractivity contribution in [1.82, 2.24) is 0 Å². The van der Waals surface area contributed by atoms with Gasteiger partial charge in [-0.25, -0.2) is 0 Å². The normalized spacial score (nSPS) is 15.2. The minimum absolute atomic E-state index is 0.0927. The second kappa shape index (κ2) is 10.1. The van der Waals surface area contributed by atoms with E-state index in [1.54, 1.807) is 12.1 Å². The number of carbonyl (C=O) groups excluding carboxylic acids is 2. The Morgan fingerprint density at radius 1 is 0.882 bits per heavy atom. The summed E-state index contributed by atoms with van der Waals surface area (Å²) < 4.78 is 32.6. The molecule has 9 nitrogen and oxygen atoms in total. The van der Waals surface area contributed by atoms with Crippen LogP contribution in [0.4, 0.5) is 5.69 Å². The SMILES string of the molecule is COc1cc(OC)c(NC(=O)C2OC(Oc3cc([Si](C)(C)C)ccc3OC)=CC2=O)c(OC)c1. The third-order valence-corrected chi connectivity index (χ3v) is 7.24. The highest BCUT2D eigenvalue weighted by Gasteiger charge is 2.36. The van der Waals surface area contributed by atoms with Gasteiger partial charge >= 0.3 is 0 Å². The molecule has 1 atom stereocenters. The van der Waals surface area contributed by atoms with Gasteiger partial charge in [0.25, 0.3) is 11.9 Å². The smallest absolute Gasteiger partial charge is 0.289 e. The van der Waals surface area contributed by atoms with Gasteiger partial charge in [0, 0.05) is 12.1 Å². The summed E-state index contributed by atoms with van der Waals surface area (Å²) in [5.74, 6) is 0.612. The lowest BCUT2D eigenvalue weighted by Crippen LogP contribution is -2.37. The van der Waals surface area contributed by atoms with Crippen LogP contribution in [-0.2, 0) is 14.3 Å². The van der Waals surface area contributed by atoms with Crippen LogP contribution < -0.4 is 34.2 Å². The molecule has 1 N–H and O–H groups in total. The van der Waals surface area contributed by atoms with Gasteiger partial charge in [-0.3, -0.25) is 9.59 Å². The molecule has 1 amide bonds. The van der Waals surface area contributed by atoms with Crippen molar-refractivity contribution in [3.8, 4) is 28.7 Å². The molecule has 0 saturated carbocycles. The maximum Gasteiger partial charge on any atom is 0.289 e. The number of methoxy groups -OCH3 is 4. The fraction of sp³-hybridized carbons (Fsp3) is 0.333. The summed E-state index contributed by atoms with van der Waals surface area (Å²) in [5, 5.41) is 3.78. The van der Waals surface area contributed by atoms with Crippen LogP contribution in [0, 0.1) is 0 Å². The number of ether oxygens (including phenoxy) is 6. The van der Waals surface area contributed by atoms with Crippen LogP contribution in [0.25, 0.3) is 0 Å². The summed E-state index contributed by atoms with van der Waals surface area (Å²) in [4.78, 5) is 25.5. The number of anilines is 1. The first-order valence-electron chi connectivity index (χ1n) is 10.5. The quantitative estimate of drug-likeness (QED) is 0.425. The monoisotopic (exact) mass is 487 g/mol. The molecule has 2 aromatic rings. The zero-order chi connectivity index (χ0) is 25.0. The molecule has 10 heteroatoms. The van der Waals surface area contributed by atoms with E-state index in [2.05, 4.69) is 25.0 Å². The summed E-state index contributed by atoms with van der Waals surface area (Å²) in [5.41, 5.74) is 0.242. The third-order valence-electron chi connectivity index (χ3n) is 5.19. The molecule has 0 saturated heterocycles. The molecule has 34 heavy (non-hydrogen) atoms. The number of carbonyl (C=O) groups is 2. The van der Waals surface area contributed by atoms with Gasteiger partial charge in [0.15, 0.2) is 11.5 Å². The van der Waals surface area contributed by atoms with E-state index in [0.717, 1.165) is 11.3 Å². The van der Waals surface area contributed by atoms with Crippen LogP contribution in [0.15, 0.2) is 42.4 Å². The Morgan fingerprint density at radius 2 is 1.50 bits per heavy atom. The Labute approximate surface area is 199 Å². The predicted octanol–water partition coefficient (Wildman–Crippen LogP) is 3.09. The van der Waals surface area contributed by atoms with Crippen molar-refractivity contribution < 1.29 is 38.0 Å². The molecule has 1 heterocycles. The van der Waals surface area contributed by atoms with Gasteiger partial charge in [0.05, 0.1) is 42.6 Å². The van der Waals surface area contributed by atoms with Gasteiger partial charge in [-0.05, 0) is 12.1 Å². The maximum absolute atomic E-state index is 12.9. The molecular weight excluding hydrogens is 458 g/mol. The van der Waals surface area contributed by atoms with E-state index in [1.807, 2.05) is 18.2 Å². The number of nitrogens with one attached hydrogen (secondary N) is 1. The average Bonchev–Trinajstić information content (AvgIpc) is 3.18. The third kappa shape index (κ3) is 5.28. The Balaban J connectivity index is 1.79. The molecule has 0 spiro atoms. The van der Waals surface area contributed by atoms with Crippen molar-refractivity contribution in [1.29, 1.82) is 0 Å². The van der Waals surface area contributed by atoms with E-state index < -0.39 is 25.9 Å². The Morgan fingerprint density at radius 3 is 2.03 bits per heavy atom. The summed E-state index contributed by atoms with van der Waals surface area (Å²) in [6, 6.07) is 8.85. The van der Waals surface area contributed by atoms with Crippen molar-refractivity contribution in [2.45, 2.75) is 25.7 Å².